The number of fused-ring (bicyclic) bond motifs is 1. The number of hydrogen-bond donors (Lipinski definition) is 0. The molecule has 21 heavy (non-hydrogen) atoms. The molecule has 0 spiro atoms. The Morgan fingerprint density at radius 1 is 1.43 bits per heavy atom. The fourth-order valence-corrected chi connectivity index (χ4v) is 3.46. The molecule has 2 aromatic rings. The molecule has 1 aromatic carbocycles. The molecule has 1 heterocycles. The molecular formula is C16H21BrClN3. The molecule has 1 aromatic heterocycles. The fraction of sp³-hybridized carbons (Fsp3) is 0.562. The van der Waals surface area contributed by atoms with Gasteiger partial charge in [0.1, 0.15) is 5.82 Å². The van der Waals surface area contributed by atoms with Crippen LogP contribution in [0.4, 0.5) is 0 Å². The molecule has 0 bridgehead atoms. The second-order valence-corrected chi connectivity index (χ2v) is 6.91. The van der Waals surface area contributed by atoms with Crippen LogP contribution in [0.25, 0.3) is 11.0 Å². The molecular weight excluding hydrogens is 350 g/mol. The van der Waals surface area contributed by atoms with E-state index in [9.17, 15) is 0 Å². The summed E-state index contributed by atoms with van der Waals surface area (Å²) in [6, 6.07) is 7.10. The number of aryl methyl sites for hydroxylation is 1. The lowest BCUT2D eigenvalue weighted by molar-refractivity contribution is 0.266. The zero-order chi connectivity index (χ0) is 14.8. The van der Waals surface area contributed by atoms with Crippen LogP contribution < -0.4 is 0 Å². The lowest BCUT2D eigenvalue weighted by Crippen LogP contribution is -2.29. The Kier molecular flexibility index (Phi) is 4.87. The van der Waals surface area contributed by atoms with E-state index >= 15 is 0 Å². The van der Waals surface area contributed by atoms with Gasteiger partial charge in [-0.3, -0.25) is 4.90 Å². The van der Waals surface area contributed by atoms with Crippen LogP contribution in [-0.4, -0.2) is 39.5 Å². The maximum atomic E-state index is 5.94. The van der Waals surface area contributed by atoms with Gasteiger partial charge in [0, 0.05) is 35.9 Å². The summed E-state index contributed by atoms with van der Waals surface area (Å²) in [5, 5.41) is 0. The molecule has 0 atom stereocenters. The molecule has 0 aliphatic heterocycles. The van der Waals surface area contributed by atoms with Crippen molar-refractivity contribution in [1.29, 1.82) is 0 Å². The third kappa shape index (κ3) is 3.43. The largest absolute Gasteiger partial charge is 0.327 e. The molecule has 114 valence electrons. The van der Waals surface area contributed by atoms with Gasteiger partial charge in [-0.05, 0) is 37.6 Å². The van der Waals surface area contributed by atoms with E-state index < -0.39 is 0 Å². The monoisotopic (exact) mass is 369 g/mol. The Labute approximate surface area is 139 Å². The molecule has 0 unspecified atom stereocenters. The number of aromatic nitrogens is 2. The molecule has 1 aliphatic carbocycles. The van der Waals surface area contributed by atoms with Crippen LogP contribution in [0.15, 0.2) is 22.7 Å². The summed E-state index contributed by atoms with van der Waals surface area (Å²) < 4.78 is 3.44. The lowest BCUT2D eigenvalue weighted by Gasteiger charge is -2.20. The van der Waals surface area contributed by atoms with Crippen LogP contribution in [0, 0.1) is 0 Å². The zero-order valence-electron chi connectivity index (χ0n) is 12.4. The zero-order valence-corrected chi connectivity index (χ0v) is 14.7. The van der Waals surface area contributed by atoms with Crippen molar-refractivity contribution in [3.63, 3.8) is 0 Å². The summed E-state index contributed by atoms with van der Waals surface area (Å²) in [6.07, 6.45) is 3.54. The molecule has 5 heteroatoms. The number of alkyl halides is 1. The Balaban J connectivity index is 1.86. The van der Waals surface area contributed by atoms with Crippen LogP contribution in [0.5, 0.6) is 0 Å². The average Bonchev–Trinajstić information content (AvgIpc) is 3.25. The molecule has 0 amide bonds. The third-order valence-electron chi connectivity index (χ3n) is 4.19. The maximum Gasteiger partial charge on any atom is 0.111 e. The SMILES string of the molecule is CCN(CCn1c(CCCl)nc2ccc(Br)cc21)C1CC1. The first-order chi connectivity index (χ1) is 10.2. The lowest BCUT2D eigenvalue weighted by atomic mass is 10.3. The number of halogens is 2. The van der Waals surface area contributed by atoms with Crippen LogP contribution >= 0.6 is 27.5 Å². The van der Waals surface area contributed by atoms with Gasteiger partial charge in [-0.25, -0.2) is 4.98 Å². The number of imidazole rings is 1. The molecule has 3 rings (SSSR count). The minimum absolute atomic E-state index is 0.616. The molecule has 0 saturated heterocycles. The molecule has 0 radical (unpaired) electrons. The average molecular weight is 371 g/mol. The first-order valence-corrected chi connectivity index (χ1v) is 9.00. The van der Waals surface area contributed by atoms with Crippen molar-refractivity contribution in [3.8, 4) is 0 Å². The van der Waals surface area contributed by atoms with E-state index in [0.29, 0.717) is 5.88 Å². The van der Waals surface area contributed by atoms with Gasteiger partial charge in [0.2, 0.25) is 0 Å². The van der Waals surface area contributed by atoms with Gasteiger partial charge in [0.25, 0.3) is 0 Å². The number of hydrogen-bond acceptors (Lipinski definition) is 2. The van der Waals surface area contributed by atoms with Gasteiger partial charge >= 0.3 is 0 Å². The second kappa shape index (κ2) is 6.67. The highest BCUT2D eigenvalue weighted by molar-refractivity contribution is 9.10. The van der Waals surface area contributed by atoms with Crippen molar-refractivity contribution in [3.05, 3.63) is 28.5 Å². The van der Waals surface area contributed by atoms with E-state index in [4.69, 9.17) is 16.6 Å². The quantitative estimate of drug-likeness (QED) is 0.685. The fourth-order valence-electron chi connectivity index (χ4n) is 2.94. The normalized spacial score (nSPS) is 15.2. The summed E-state index contributed by atoms with van der Waals surface area (Å²) in [6.45, 7) is 5.46. The summed E-state index contributed by atoms with van der Waals surface area (Å²) in [7, 11) is 0. The predicted molar refractivity (Wildman–Crippen MR) is 92.1 cm³/mol. The second-order valence-electron chi connectivity index (χ2n) is 5.61. The van der Waals surface area contributed by atoms with Gasteiger partial charge in [-0.1, -0.05) is 22.9 Å². The van der Waals surface area contributed by atoms with Gasteiger partial charge in [-0.2, -0.15) is 0 Å². The topological polar surface area (TPSA) is 21.1 Å². The summed E-state index contributed by atoms with van der Waals surface area (Å²) in [4.78, 5) is 7.32. The van der Waals surface area contributed by atoms with Gasteiger partial charge in [0.05, 0.1) is 11.0 Å². The number of rotatable bonds is 7. The van der Waals surface area contributed by atoms with Gasteiger partial charge in [0.15, 0.2) is 0 Å². The van der Waals surface area contributed by atoms with Crippen LogP contribution in [0.3, 0.4) is 0 Å². The standard InChI is InChI=1S/C16H21BrClN3/c1-2-20(13-4-5-13)9-10-21-15-11-12(17)3-6-14(15)19-16(21)7-8-18/h3,6,11,13H,2,4-5,7-10H2,1H3. The van der Waals surface area contributed by atoms with E-state index in [-0.39, 0.29) is 0 Å². The highest BCUT2D eigenvalue weighted by Gasteiger charge is 2.27. The van der Waals surface area contributed by atoms with E-state index in [1.165, 1.54) is 18.4 Å². The van der Waals surface area contributed by atoms with Crippen molar-refractivity contribution < 1.29 is 0 Å². The maximum absolute atomic E-state index is 5.94. The summed E-state index contributed by atoms with van der Waals surface area (Å²) in [5.74, 6) is 1.72. The highest BCUT2D eigenvalue weighted by Crippen LogP contribution is 2.27. The molecule has 1 fully saturated rings. The smallest absolute Gasteiger partial charge is 0.111 e. The first kappa shape index (κ1) is 15.3. The molecule has 1 saturated carbocycles. The van der Waals surface area contributed by atoms with Gasteiger partial charge in [-0.15, -0.1) is 11.6 Å². The van der Waals surface area contributed by atoms with Crippen molar-refractivity contribution in [2.75, 3.05) is 19.0 Å². The van der Waals surface area contributed by atoms with Crippen LogP contribution in [-0.2, 0) is 13.0 Å². The number of likely N-dealkylation sites (N-methyl/N-ethyl adjacent to an activating group) is 1. The van der Waals surface area contributed by atoms with Gasteiger partial charge < -0.3 is 4.57 Å². The van der Waals surface area contributed by atoms with Crippen molar-refractivity contribution in [1.82, 2.24) is 14.5 Å². The first-order valence-electron chi connectivity index (χ1n) is 7.67. The number of benzene rings is 1. The third-order valence-corrected chi connectivity index (χ3v) is 4.87. The minimum Gasteiger partial charge on any atom is -0.327 e. The highest BCUT2D eigenvalue weighted by atomic mass is 79.9. The molecule has 0 N–H and O–H groups in total. The molecule has 1 aliphatic rings. The van der Waals surface area contributed by atoms with Crippen molar-refractivity contribution in [2.24, 2.45) is 0 Å². The summed E-state index contributed by atoms with van der Waals surface area (Å²) >= 11 is 9.51. The summed E-state index contributed by atoms with van der Waals surface area (Å²) in [5.41, 5.74) is 2.27. The van der Waals surface area contributed by atoms with Crippen LogP contribution in [0.1, 0.15) is 25.6 Å². The van der Waals surface area contributed by atoms with E-state index in [2.05, 4.69) is 44.5 Å². The van der Waals surface area contributed by atoms with E-state index in [1.807, 2.05) is 6.07 Å². The van der Waals surface area contributed by atoms with Crippen molar-refractivity contribution in [2.45, 2.75) is 38.8 Å². The van der Waals surface area contributed by atoms with E-state index in [1.54, 1.807) is 0 Å². The molecule has 3 nitrogen and oxygen atoms in total. The Morgan fingerprint density at radius 2 is 2.24 bits per heavy atom. The Morgan fingerprint density at radius 3 is 2.90 bits per heavy atom. The van der Waals surface area contributed by atoms with E-state index in [0.717, 1.165) is 47.9 Å². The van der Waals surface area contributed by atoms with Crippen molar-refractivity contribution >= 4 is 38.6 Å². The minimum atomic E-state index is 0.616. The predicted octanol–water partition coefficient (Wildman–Crippen LogP) is 4.06. The Bertz CT molecular complexity index is 621. The number of nitrogens with zero attached hydrogens (tertiary/aromatic N) is 3. The Hall–Kier alpha value is -0.580. The van der Waals surface area contributed by atoms with Crippen LogP contribution in [0.2, 0.25) is 0 Å².